The monoisotopic (exact) mass is 328 g/mol. The number of hydrogen-bond acceptors (Lipinski definition) is 2. The van der Waals surface area contributed by atoms with Crippen LogP contribution in [0.4, 0.5) is 0 Å². The molecule has 0 aromatic carbocycles. The van der Waals surface area contributed by atoms with E-state index in [1.807, 2.05) is 0 Å². The molecule has 0 rings (SSSR count). The summed E-state index contributed by atoms with van der Waals surface area (Å²) < 4.78 is 5.82. The van der Waals surface area contributed by atoms with Crippen molar-refractivity contribution in [2.45, 2.75) is 116 Å². The van der Waals surface area contributed by atoms with Crippen molar-refractivity contribution in [2.24, 2.45) is 0 Å². The molecule has 0 amide bonds. The van der Waals surface area contributed by atoms with Crippen LogP contribution in [0.5, 0.6) is 0 Å². The Balaban J connectivity index is 3.62. The summed E-state index contributed by atoms with van der Waals surface area (Å²) in [7, 11) is 0. The van der Waals surface area contributed by atoms with Crippen LogP contribution in [0.3, 0.4) is 0 Å². The van der Waals surface area contributed by atoms with Crippen LogP contribution in [0, 0.1) is 0 Å². The number of aliphatic carboxylic acids is 1. The average Bonchev–Trinajstić information content (AvgIpc) is 2.52. The summed E-state index contributed by atoms with van der Waals surface area (Å²) in [5.41, 5.74) is 0. The van der Waals surface area contributed by atoms with E-state index in [2.05, 4.69) is 13.8 Å². The summed E-state index contributed by atoms with van der Waals surface area (Å²) in [5.74, 6) is -0.735. The zero-order chi connectivity index (χ0) is 17.2. The van der Waals surface area contributed by atoms with E-state index in [0.717, 1.165) is 25.9 Å². The zero-order valence-corrected chi connectivity index (χ0v) is 15.7. The molecule has 3 heteroatoms. The molecule has 0 radical (unpaired) electrons. The predicted molar refractivity (Wildman–Crippen MR) is 98.0 cm³/mol. The standard InChI is InChI=1S/C20H40O3/c1-3-5-7-9-11-12-14-16-19(18-20(21)22)23-17-15-13-10-8-6-4-2/h19H,3-18H2,1-2H3,(H,21,22). The van der Waals surface area contributed by atoms with Crippen LogP contribution in [0.1, 0.15) is 110 Å². The molecular weight excluding hydrogens is 288 g/mol. The van der Waals surface area contributed by atoms with Gasteiger partial charge in [0, 0.05) is 6.61 Å². The van der Waals surface area contributed by atoms with Crippen molar-refractivity contribution in [3.63, 3.8) is 0 Å². The molecule has 0 aliphatic rings. The van der Waals surface area contributed by atoms with Crippen molar-refractivity contribution in [3.8, 4) is 0 Å². The highest BCUT2D eigenvalue weighted by molar-refractivity contribution is 5.67. The van der Waals surface area contributed by atoms with Gasteiger partial charge in [-0.15, -0.1) is 0 Å². The van der Waals surface area contributed by atoms with Gasteiger partial charge in [0.15, 0.2) is 0 Å². The Labute approximate surface area is 144 Å². The van der Waals surface area contributed by atoms with Crippen LogP contribution in [0.25, 0.3) is 0 Å². The van der Waals surface area contributed by atoms with Crippen molar-refractivity contribution in [1.29, 1.82) is 0 Å². The van der Waals surface area contributed by atoms with Crippen LogP contribution in [0.15, 0.2) is 0 Å². The number of carboxylic acids is 1. The van der Waals surface area contributed by atoms with Gasteiger partial charge >= 0.3 is 5.97 Å². The predicted octanol–water partition coefficient (Wildman–Crippen LogP) is 6.35. The first-order valence-electron chi connectivity index (χ1n) is 10.0. The average molecular weight is 329 g/mol. The lowest BCUT2D eigenvalue weighted by Gasteiger charge is -2.16. The van der Waals surface area contributed by atoms with E-state index >= 15 is 0 Å². The Bertz CT molecular complexity index is 235. The van der Waals surface area contributed by atoms with Crippen LogP contribution < -0.4 is 0 Å². The molecule has 1 atom stereocenters. The molecular formula is C20H40O3. The molecule has 0 aromatic heterocycles. The fourth-order valence-corrected chi connectivity index (χ4v) is 2.90. The molecule has 0 aromatic rings. The van der Waals surface area contributed by atoms with E-state index in [1.165, 1.54) is 70.6 Å². The van der Waals surface area contributed by atoms with Crippen LogP contribution in [-0.4, -0.2) is 23.8 Å². The number of rotatable bonds is 18. The van der Waals surface area contributed by atoms with E-state index in [1.54, 1.807) is 0 Å². The zero-order valence-electron chi connectivity index (χ0n) is 15.7. The van der Waals surface area contributed by atoms with Crippen molar-refractivity contribution in [3.05, 3.63) is 0 Å². The molecule has 1 N–H and O–H groups in total. The molecule has 0 aliphatic heterocycles. The Morgan fingerprint density at radius 1 is 0.783 bits per heavy atom. The summed E-state index contributed by atoms with van der Waals surface area (Å²) in [6.07, 6.45) is 17.3. The smallest absolute Gasteiger partial charge is 0.305 e. The van der Waals surface area contributed by atoms with E-state index in [4.69, 9.17) is 9.84 Å². The van der Waals surface area contributed by atoms with Crippen molar-refractivity contribution < 1.29 is 14.6 Å². The Kier molecular flexibility index (Phi) is 17.3. The van der Waals surface area contributed by atoms with E-state index in [0.29, 0.717) is 0 Å². The van der Waals surface area contributed by atoms with Gasteiger partial charge in [0.25, 0.3) is 0 Å². The molecule has 0 aliphatic carbocycles. The second-order valence-corrected chi connectivity index (χ2v) is 6.77. The lowest BCUT2D eigenvalue weighted by atomic mass is 10.0. The maximum absolute atomic E-state index is 10.9. The minimum atomic E-state index is -0.735. The fraction of sp³-hybridized carbons (Fsp3) is 0.950. The molecule has 3 nitrogen and oxygen atoms in total. The van der Waals surface area contributed by atoms with Gasteiger partial charge in [-0.2, -0.15) is 0 Å². The molecule has 0 saturated carbocycles. The molecule has 0 heterocycles. The lowest BCUT2D eigenvalue weighted by molar-refractivity contribution is -0.140. The molecule has 23 heavy (non-hydrogen) atoms. The van der Waals surface area contributed by atoms with Gasteiger partial charge in [-0.1, -0.05) is 90.9 Å². The lowest BCUT2D eigenvalue weighted by Crippen LogP contribution is -2.18. The molecule has 0 fully saturated rings. The third kappa shape index (κ3) is 17.6. The number of carboxylic acid groups (broad SMARTS) is 1. The van der Waals surface area contributed by atoms with Crippen LogP contribution in [0.2, 0.25) is 0 Å². The maximum Gasteiger partial charge on any atom is 0.305 e. The highest BCUT2D eigenvalue weighted by Crippen LogP contribution is 2.14. The maximum atomic E-state index is 10.9. The molecule has 0 bridgehead atoms. The topological polar surface area (TPSA) is 46.5 Å². The van der Waals surface area contributed by atoms with Gasteiger partial charge in [-0.05, 0) is 12.8 Å². The first-order valence-corrected chi connectivity index (χ1v) is 10.0. The number of ether oxygens (including phenoxy) is 1. The van der Waals surface area contributed by atoms with E-state index in [-0.39, 0.29) is 12.5 Å². The largest absolute Gasteiger partial charge is 0.481 e. The second-order valence-electron chi connectivity index (χ2n) is 6.77. The Hall–Kier alpha value is -0.570. The van der Waals surface area contributed by atoms with E-state index < -0.39 is 5.97 Å². The summed E-state index contributed by atoms with van der Waals surface area (Å²) in [4.78, 5) is 10.9. The Morgan fingerprint density at radius 3 is 1.78 bits per heavy atom. The van der Waals surface area contributed by atoms with Gasteiger partial charge in [0.05, 0.1) is 12.5 Å². The van der Waals surface area contributed by atoms with Gasteiger partial charge in [0.2, 0.25) is 0 Å². The third-order valence-electron chi connectivity index (χ3n) is 4.38. The highest BCUT2D eigenvalue weighted by atomic mass is 16.5. The first-order chi connectivity index (χ1) is 11.2. The van der Waals surface area contributed by atoms with Gasteiger partial charge in [-0.25, -0.2) is 0 Å². The first kappa shape index (κ1) is 22.4. The fourth-order valence-electron chi connectivity index (χ4n) is 2.90. The summed E-state index contributed by atoms with van der Waals surface area (Å²) >= 11 is 0. The number of hydrogen-bond donors (Lipinski definition) is 1. The molecule has 0 spiro atoms. The summed E-state index contributed by atoms with van der Waals surface area (Å²) in [6, 6.07) is 0. The molecule has 0 saturated heterocycles. The van der Waals surface area contributed by atoms with Gasteiger partial charge < -0.3 is 9.84 Å². The summed E-state index contributed by atoms with van der Waals surface area (Å²) in [6.45, 7) is 5.18. The van der Waals surface area contributed by atoms with E-state index in [9.17, 15) is 4.79 Å². The van der Waals surface area contributed by atoms with Gasteiger partial charge in [0.1, 0.15) is 0 Å². The van der Waals surface area contributed by atoms with Gasteiger partial charge in [-0.3, -0.25) is 4.79 Å². The molecule has 1 unspecified atom stereocenters. The third-order valence-corrected chi connectivity index (χ3v) is 4.38. The number of carbonyl (C=O) groups is 1. The Morgan fingerprint density at radius 2 is 1.26 bits per heavy atom. The minimum Gasteiger partial charge on any atom is -0.481 e. The summed E-state index contributed by atoms with van der Waals surface area (Å²) in [5, 5.41) is 9.00. The SMILES string of the molecule is CCCCCCCCCC(CC(=O)O)OCCCCCCCC. The minimum absolute atomic E-state index is 0.0845. The highest BCUT2D eigenvalue weighted by Gasteiger charge is 2.13. The van der Waals surface area contributed by atoms with Crippen molar-refractivity contribution in [1.82, 2.24) is 0 Å². The van der Waals surface area contributed by atoms with Crippen LogP contribution in [-0.2, 0) is 9.53 Å². The normalized spacial score (nSPS) is 12.4. The van der Waals surface area contributed by atoms with Crippen molar-refractivity contribution in [2.75, 3.05) is 6.61 Å². The van der Waals surface area contributed by atoms with Crippen LogP contribution >= 0.6 is 0 Å². The van der Waals surface area contributed by atoms with Crippen molar-refractivity contribution >= 4 is 5.97 Å². The second kappa shape index (κ2) is 17.8. The number of unbranched alkanes of at least 4 members (excludes halogenated alkanes) is 11. The molecule has 138 valence electrons. The quantitative estimate of drug-likeness (QED) is 0.298.